The lowest BCUT2D eigenvalue weighted by Gasteiger charge is -2.21. The highest BCUT2D eigenvalue weighted by molar-refractivity contribution is 5.94. The van der Waals surface area contributed by atoms with Crippen molar-refractivity contribution in [1.82, 2.24) is 10.2 Å². The number of nitrogens with one attached hydrogen (secondary N) is 1. The standard InChI is InChI=1S/C18H22N2O4/c1-3-24-18(22)15(9-10-16(21)23-2)17-19-11-12-20(17)13-14-7-5-4-6-8-14/h4-10,19H,3,11-13H2,1-2H3/b10-9-,17-15+. The van der Waals surface area contributed by atoms with Crippen LogP contribution in [0, 0.1) is 0 Å². The number of ether oxygens (including phenoxy) is 2. The smallest absolute Gasteiger partial charge is 0.341 e. The molecule has 0 aromatic heterocycles. The lowest BCUT2D eigenvalue weighted by molar-refractivity contribution is -0.138. The number of benzene rings is 1. The highest BCUT2D eigenvalue weighted by Gasteiger charge is 2.24. The molecule has 0 bridgehead atoms. The first-order valence-corrected chi connectivity index (χ1v) is 7.86. The molecule has 0 saturated carbocycles. The monoisotopic (exact) mass is 330 g/mol. The second kappa shape index (κ2) is 8.76. The number of carbonyl (C=O) groups excluding carboxylic acids is 2. The average Bonchev–Trinajstić information content (AvgIpc) is 3.04. The Morgan fingerprint density at radius 3 is 2.67 bits per heavy atom. The summed E-state index contributed by atoms with van der Waals surface area (Å²) in [6.07, 6.45) is 2.66. The maximum absolute atomic E-state index is 12.3. The quantitative estimate of drug-likeness (QED) is 0.631. The number of hydrogen-bond donors (Lipinski definition) is 1. The predicted octanol–water partition coefficient (Wildman–Crippen LogP) is 1.60. The molecular formula is C18H22N2O4. The van der Waals surface area contributed by atoms with Gasteiger partial charge in [0.25, 0.3) is 0 Å². The Kier molecular flexibility index (Phi) is 6.42. The number of methoxy groups -OCH3 is 1. The van der Waals surface area contributed by atoms with Gasteiger partial charge in [-0.2, -0.15) is 0 Å². The van der Waals surface area contributed by atoms with Crippen LogP contribution in [0.1, 0.15) is 12.5 Å². The van der Waals surface area contributed by atoms with Gasteiger partial charge in [-0.1, -0.05) is 30.3 Å². The molecule has 1 N–H and O–H groups in total. The fourth-order valence-electron chi connectivity index (χ4n) is 2.43. The van der Waals surface area contributed by atoms with Crippen LogP contribution in [0.15, 0.2) is 53.9 Å². The van der Waals surface area contributed by atoms with Crippen LogP contribution >= 0.6 is 0 Å². The van der Waals surface area contributed by atoms with Gasteiger partial charge in [0.05, 0.1) is 13.7 Å². The molecule has 0 atom stereocenters. The van der Waals surface area contributed by atoms with Gasteiger partial charge in [0, 0.05) is 25.7 Å². The van der Waals surface area contributed by atoms with Crippen LogP contribution in [0.2, 0.25) is 0 Å². The van der Waals surface area contributed by atoms with Crippen LogP contribution < -0.4 is 5.32 Å². The van der Waals surface area contributed by atoms with Crippen LogP contribution in [0.4, 0.5) is 0 Å². The van der Waals surface area contributed by atoms with Gasteiger partial charge >= 0.3 is 11.9 Å². The molecule has 0 radical (unpaired) electrons. The third kappa shape index (κ3) is 4.62. The van der Waals surface area contributed by atoms with Gasteiger partial charge < -0.3 is 19.7 Å². The number of carbonyl (C=O) groups is 2. The summed E-state index contributed by atoms with van der Waals surface area (Å²) in [6, 6.07) is 9.98. The van der Waals surface area contributed by atoms with Crippen molar-refractivity contribution in [3.05, 3.63) is 59.4 Å². The molecule has 0 spiro atoms. The molecule has 0 aliphatic carbocycles. The number of nitrogens with zero attached hydrogens (tertiary/aromatic N) is 1. The summed E-state index contributed by atoms with van der Waals surface area (Å²) >= 11 is 0. The number of hydrogen-bond acceptors (Lipinski definition) is 6. The van der Waals surface area contributed by atoms with E-state index in [-0.39, 0.29) is 6.61 Å². The van der Waals surface area contributed by atoms with E-state index in [1.54, 1.807) is 6.92 Å². The van der Waals surface area contributed by atoms with Crippen molar-refractivity contribution >= 4 is 11.9 Å². The average molecular weight is 330 g/mol. The minimum absolute atomic E-state index is 0.264. The Labute approximate surface area is 141 Å². The molecular weight excluding hydrogens is 308 g/mol. The molecule has 1 fully saturated rings. The number of rotatable bonds is 6. The van der Waals surface area contributed by atoms with E-state index in [2.05, 4.69) is 15.0 Å². The van der Waals surface area contributed by atoms with E-state index in [0.29, 0.717) is 17.9 Å². The fourth-order valence-corrected chi connectivity index (χ4v) is 2.43. The van der Waals surface area contributed by atoms with Crippen molar-refractivity contribution in [1.29, 1.82) is 0 Å². The molecule has 1 aliphatic rings. The maximum Gasteiger partial charge on any atom is 0.341 e. The van der Waals surface area contributed by atoms with Gasteiger partial charge in [0.15, 0.2) is 0 Å². The van der Waals surface area contributed by atoms with Crippen molar-refractivity contribution in [2.45, 2.75) is 13.5 Å². The third-order valence-corrected chi connectivity index (χ3v) is 3.54. The summed E-state index contributed by atoms with van der Waals surface area (Å²) in [6.45, 7) is 4.16. The summed E-state index contributed by atoms with van der Waals surface area (Å²) < 4.78 is 9.71. The molecule has 24 heavy (non-hydrogen) atoms. The zero-order valence-corrected chi connectivity index (χ0v) is 14.0. The topological polar surface area (TPSA) is 67.9 Å². The van der Waals surface area contributed by atoms with E-state index in [0.717, 1.165) is 18.7 Å². The van der Waals surface area contributed by atoms with Crippen LogP contribution in [0.25, 0.3) is 0 Å². The van der Waals surface area contributed by atoms with E-state index < -0.39 is 11.9 Å². The van der Waals surface area contributed by atoms with Gasteiger partial charge in [0.1, 0.15) is 11.4 Å². The van der Waals surface area contributed by atoms with Crippen LogP contribution in [-0.2, 0) is 25.6 Å². The molecule has 2 rings (SSSR count). The molecule has 6 heteroatoms. The Hall–Kier alpha value is -2.76. The fraction of sp³-hybridized carbons (Fsp3) is 0.333. The first-order chi connectivity index (χ1) is 11.7. The van der Waals surface area contributed by atoms with E-state index >= 15 is 0 Å². The highest BCUT2D eigenvalue weighted by Crippen LogP contribution is 2.18. The van der Waals surface area contributed by atoms with E-state index in [9.17, 15) is 9.59 Å². The van der Waals surface area contributed by atoms with Gasteiger partial charge in [-0.25, -0.2) is 9.59 Å². The Bertz CT molecular complexity index is 638. The van der Waals surface area contributed by atoms with Crippen LogP contribution in [0.5, 0.6) is 0 Å². The summed E-state index contributed by atoms with van der Waals surface area (Å²) in [5.74, 6) is -0.331. The molecule has 1 aliphatic heterocycles. The SMILES string of the molecule is CCOC(=O)C(/C=C\C(=O)OC)=C1\NCCN1Cc1ccccc1. The van der Waals surface area contributed by atoms with Crippen molar-refractivity contribution in [3.8, 4) is 0 Å². The minimum Gasteiger partial charge on any atom is -0.466 e. The summed E-state index contributed by atoms with van der Waals surface area (Å²) in [7, 11) is 1.29. The van der Waals surface area contributed by atoms with Gasteiger partial charge in [-0.3, -0.25) is 0 Å². The lowest BCUT2D eigenvalue weighted by Crippen LogP contribution is -2.24. The normalized spacial score (nSPS) is 16.0. The van der Waals surface area contributed by atoms with Crippen molar-refractivity contribution in [2.24, 2.45) is 0 Å². The van der Waals surface area contributed by atoms with E-state index in [1.807, 2.05) is 30.3 Å². The Morgan fingerprint density at radius 2 is 2.00 bits per heavy atom. The zero-order valence-electron chi connectivity index (χ0n) is 14.0. The number of esters is 2. The van der Waals surface area contributed by atoms with Crippen molar-refractivity contribution < 1.29 is 19.1 Å². The largest absolute Gasteiger partial charge is 0.466 e. The molecule has 1 aromatic rings. The predicted molar refractivity (Wildman–Crippen MR) is 89.7 cm³/mol. The zero-order chi connectivity index (χ0) is 17.4. The van der Waals surface area contributed by atoms with E-state index in [1.165, 1.54) is 19.3 Å². The van der Waals surface area contributed by atoms with Gasteiger partial charge in [-0.15, -0.1) is 0 Å². The summed E-state index contributed by atoms with van der Waals surface area (Å²) in [4.78, 5) is 25.7. The first kappa shape index (κ1) is 17.6. The molecule has 1 heterocycles. The summed E-state index contributed by atoms with van der Waals surface area (Å²) in [5.41, 5.74) is 1.45. The van der Waals surface area contributed by atoms with Crippen molar-refractivity contribution in [2.75, 3.05) is 26.8 Å². The third-order valence-electron chi connectivity index (χ3n) is 3.54. The highest BCUT2D eigenvalue weighted by atomic mass is 16.5. The molecule has 128 valence electrons. The molecule has 1 saturated heterocycles. The molecule has 0 unspecified atom stereocenters. The minimum atomic E-state index is -0.523. The maximum atomic E-state index is 12.3. The van der Waals surface area contributed by atoms with Gasteiger partial charge in [0.2, 0.25) is 0 Å². The Morgan fingerprint density at radius 1 is 1.25 bits per heavy atom. The summed E-state index contributed by atoms with van der Waals surface area (Å²) in [5, 5.41) is 3.21. The molecule has 6 nitrogen and oxygen atoms in total. The molecule has 1 aromatic carbocycles. The lowest BCUT2D eigenvalue weighted by atomic mass is 10.2. The van der Waals surface area contributed by atoms with Crippen LogP contribution in [-0.4, -0.2) is 43.6 Å². The van der Waals surface area contributed by atoms with Gasteiger partial charge in [-0.05, 0) is 18.6 Å². The van der Waals surface area contributed by atoms with Crippen molar-refractivity contribution in [3.63, 3.8) is 0 Å². The van der Waals surface area contributed by atoms with E-state index in [4.69, 9.17) is 4.74 Å². The second-order valence-corrected chi connectivity index (χ2v) is 5.17. The van der Waals surface area contributed by atoms with Crippen LogP contribution in [0.3, 0.4) is 0 Å². The molecule has 0 amide bonds. The second-order valence-electron chi connectivity index (χ2n) is 5.17. The Balaban J connectivity index is 2.29. The first-order valence-electron chi connectivity index (χ1n) is 7.86.